The van der Waals surface area contributed by atoms with Gasteiger partial charge in [-0.2, -0.15) is 10.0 Å². The van der Waals surface area contributed by atoms with E-state index in [4.69, 9.17) is 10.2 Å². The first-order valence-corrected chi connectivity index (χ1v) is 5.64. The maximum Gasteiger partial charge on any atom is 0.420 e. The number of imide groups is 1. The molecule has 0 aromatic carbocycles. The highest BCUT2D eigenvalue weighted by molar-refractivity contribution is 6.14. The Morgan fingerprint density at radius 3 is 2.68 bits per heavy atom. The number of hydrazone groups is 1. The molecule has 0 spiro atoms. The van der Waals surface area contributed by atoms with Crippen molar-refractivity contribution in [1.29, 1.82) is 0 Å². The fraction of sp³-hybridized carbons (Fsp3) is 0.400. The van der Waals surface area contributed by atoms with Crippen molar-refractivity contribution in [1.82, 2.24) is 15.2 Å². The van der Waals surface area contributed by atoms with E-state index in [1.54, 1.807) is 0 Å². The van der Waals surface area contributed by atoms with Crippen molar-refractivity contribution in [2.24, 2.45) is 5.10 Å². The molecule has 1 saturated heterocycles. The van der Waals surface area contributed by atoms with Gasteiger partial charge in [0.2, 0.25) is 0 Å². The van der Waals surface area contributed by atoms with E-state index in [-0.39, 0.29) is 11.4 Å². The smallest absolute Gasteiger partial charge is 0.420 e. The second kappa shape index (κ2) is 3.70. The molecule has 4 amide bonds. The molecule has 0 aromatic rings. The molecule has 9 heteroatoms. The Kier molecular flexibility index (Phi) is 2.24. The summed E-state index contributed by atoms with van der Waals surface area (Å²) in [7, 11) is 0. The van der Waals surface area contributed by atoms with E-state index in [1.807, 2.05) is 0 Å². The number of rotatable bonds is 0. The lowest BCUT2D eigenvalue weighted by Gasteiger charge is -2.36. The van der Waals surface area contributed by atoms with Crippen LogP contribution in [-0.4, -0.2) is 56.0 Å². The highest BCUT2D eigenvalue weighted by atomic mass is 16.4. The van der Waals surface area contributed by atoms with Gasteiger partial charge < -0.3 is 10.2 Å². The van der Waals surface area contributed by atoms with E-state index in [1.165, 1.54) is 11.0 Å². The molecule has 2 unspecified atom stereocenters. The number of hydrogen-bond acceptors (Lipinski definition) is 4. The van der Waals surface area contributed by atoms with Crippen molar-refractivity contribution >= 4 is 23.9 Å². The van der Waals surface area contributed by atoms with Crippen LogP contribution in [-0.2, 0) is 0 Å². The molecule has 1 fully saturated rings. The van der Waals surface area contributed by atoms with E-state index < -0.39 is 30.3 Å². The number of carbonyl (C=O) groups is 3. The zero-order valence-electron chi connectivity index (χ0n) is 9.61. The lowest BCUT2D eigenvalue weighted by Crippen LogP contribution is -2.56. The van der Waals surface area contributed by atoms with Crippen molar-refractivity contribution in [3.63, 3.8) is 0 Å². The Hall–Kier alpha value is -2.58. The molecule has 3 aliphatic rings. The highest BCUT2D eigenvalue weighted by Gasteiger charge is 2.48. The number of nitrogens with zero attached hydrogens (tertiary/aromatic N) is 3. The highest BCUT2D eigenvalue weighted by Crippen LogP contribution is 2.35. The summed E-state index contributed by atoms with van der Waals surface area (Å²) in [5.74, 6) is 0. The molecule has 0 aliphatic carbocycles. The molecule has 0 radical (unpaired) electrons. The number of urea groups is 1. The molecule has 2 atom stereocenters. The van der Waals surface area contributed by atoms with Gasteiger partial charge in [0, 0.05) is 0 Å². The summed E-state index contributed by atoms with van der Waals surface area (Å²) in [5.41, 5.74) is 2.53. The first-order chi connectivity index (χ1) is 9.00. The standard InChI is InChI=1S/C10H10N4O5/c15-8-12-11-7-5-2-1-4(13(5)9(16)17)3-6(7)14(8)10(18)19/h3-5H,1-2H2,(H,12,15)(H,16,17)(H,18,19). The second-order valence-electron chi connectivity index (χ2n) is 4.43. The minimum atomic E-state index is -1.42. The van der Waals surface area contributed by atoms with Gasteiger partial charge in [0.25, 0.3) is 0 Å². The quantitative estimate of drug-likeness (QED) is 0.587. The molecule has 3 N–H and O–H groups in total. The number of nitrogens with one attached hydrogen (secondary N) is 1. The summed E-state index contributed by atoms with van der Waals surface area (Å²) in [6.45, 7) is 0. The second-order valence-corrected chi connectivity index (χ2v) is 4.43. The molecular weight excluding hydrogens is 256 g/mol. The number of fused-ring (bicyclic) bond motifs is 4. The van der Waals surface area contributed by atoms with Crippen LogP contribution in [0.25, 0.3) is 0 Å². The summed E-state index contributed by atoms with van der Waals surface area (Å²) >= 11 is 0. The van der Waals surface area contributed by atoms with E-state index in [9.17, 15) is 14.4 Å². The first kappa shape index (κ1) is 11.5. The van der Waals surface area contributed by atoms with Crippen LogP contribution in [0.2, 0.25) is 0 Å². The average Bonchev–Trinajstić information content (AvgIpc) is 2.64. The Bertz CT molecular complexity index is 554. The number of carboxylic acid groups (broad SMARTS) is 2. The number of hydrogen-bond donors (Lipinski definition) is 3. The first-order valence-electron chi connectivity index (χ1n) is 5.64. The third kappa shape index (κ3) is 1.47. The van der Waals surface area contributed by atoms with Gasteiger partial charge in [-0.1, -0.05) is 0 Å². The third-order valence-corrected chi connectivity index (χ3v) is 3.49. The largest absolute Gasteiger partial charge is 0.465 e. The van der Waals surface area contributed by atoms with Crippen molar-refractivity contribution in [2.75, 3.05) is 0 Å². The summed E-state index contributed by atoms with van der Waals surface area (Å²) < 4.78 is 0. The maximum atomic E-state index is 11.5. The SMILES string of the molecule is O=C(O)N1C(=O)NN=C2C1=CC1CCC2N1C(=O)O. The predicted molar refractivity (Wildman–Crippen MR) is 60.6 cm³/mol. The fourth-order valence-electron chi connectivity index (χ4n) is 2.76. The van der Waals surface area contributed by atoms with Crippen molar-refractivity contribution in [3.05, 3.63) is 11.8 Å². The van der Waals surface area contributed by atoms with Crippen LogP contribution in [0.4, 0.5) is 14.4 Å². The van der Waals surface area contributed by atoms with Crippen molar-refractivity contribution in [3.8, 4) is 0 Å². The summed E-state index contributed by atoms with van der Waals surface area (Å²) in [6, 6.07) is -1.78. The van der Waals surface area contributed by atoms with Gasteiger partial charge in [0.05, 0.1) is 17.8 Å². The molecule has 100 valence electrons. The van der Waals surface area contributed by atoms with E-state index in [0.717, 1.165) is 0 Å². The van der Waals surface area contributed by atoms with Crippen LogP contribution in [0.15, 0.2) is 16.9 Å². The zero-order valence-corrected chi connectivity index (χ0v) is 9.61. The van der Waals surface area contributed by atoms with Gasteiger partial charge in [-0.05, 0) is 18.9 Å². The van der Waals surface area contributed by atoms with Gasteiger partial charge in [-0.25, -0.2) is 19.8 Å². The molecule has 3 aliphatic heterocycles. The van der Waals surface area contributed by atoms with Crippen LogP contribution >= 0.6 is 0 Å². The molecule has 2 bridgehead atoms. The van der Waals surface area contributed by atoms with E-state index >= 15 is 0 Å². The Morgan fingerprint density at radius 2 is 2.05 bits per heavy atom. The minimum Gasteiger partial charge on any atom is -0.465 e. The molecular formula is C10H10N4O5. The summed E-state index contributed by atoms with van der Waals surface area (Å²) in [5, 5.41) is 22.0. The fourth-order valence-corrected chi connectivity index (χ4v) is 2.76. The number of amides is 4. The van der Waals surface area contributed by atoms with Crippen LogP contribution in [0.1, 0.15) is 12.8 Å². The topological polar surface area (TPSA) is 123 Å². The van der Waals surface area contributed by atoms with E-state index in [2.05, 4.69) is 10.5 Å². The van der Waals surface area contributed by atoms with E-state index in [0.29, 0.717) is 17.7 Å². The van der Waals surface area contributed by atoms with Gasteiger partial charge in [0.1, 0.15) is 5.71 Å². The Morgan fingerprint density at radius 1 is 1.32 bits per heavy atom. The van der Waals surface area contributed by atoms with Crippen LogP contribution < -0.4 is 5.43 Å². The number of carbonyl (C=O) groups excluding carboxylic acids is 1. The Labute approximate surface area is 106 Å². The van der Waals surface area contributed by atoms with Crippen LogP contribution in [0.3, 0.4) is 0 Å². The van der Waals surface area contributed by atoms with Gasteiger partial charge in [-0.15, -0.1) is 0 Å². The molecule has 3 rings (SSSR count). The lowest BCUT2D eigenvalue weighted by atomic mass is 10.0. The minimum absolute atomic E-state index is 0.168. The van der Waals surface area contributed by atoms with Crippen molar-refractivity contribution < 1.29 is 24.6 Å². The van der Waals surface area contributed by atoms with Crippen LogP contribution in [0, 0.1) is 0 Å². The molecule has 0 saturated carbocycles. The van der Waals surface area contributed by atoms with Crippen LogP contribution in [0.5, 0.6) is 0 Å². The Balaban J connectivity index is 2.08. The monoisotopic (exact) mass is 266 g/mol. The third-order valence-electron chi connectivity index (χ3n) is 3.49. The zero-order chi connectivity index (χ0) is 13.7. The molecule has 19 heavy (non-hydrogen) atoms. The maximum absolute atomic E-state index is 11.5. The lowest BCUT2D eigenvalue weighted by molar-refractivity contribution is 0.136. The molecule has 0 aromatic heterocycles. The normalized spacial score (nSPS) is 28.3. The predicted octanol–water partition coefficient (Wildman–Crippen LogP) is 0.454. The van der Waals surface area contributed by atoms with Gasteiger partial charge in [-0.3, -0.25) is 4.90 Å². The summed E-state index contributed by atoms with van der Waals surface area (Å²) in [6.07, 6.45) is 0.118. The van der Waals surface area contributed by atoms with Crippen molar-refractivity contribution in [2.45, 2.75) is 24.9 Å². The molecule has 9 nitrogen and oxygen atoms in total. The summed E-state index contributed by atoms with van der Waals surface area (Å²) in [4.78, 5) is 35.6. The molecule has 3 heterocycles. The average molecular weight is 266 g/mol. The van der Waals surface area contributed by atoms with Gasteiger partial charge in [0.15, 0.2) is 0 Å². The van der Waals surface area contributed by atoms with Gasteiger partial charge >= 0.3 is 18.2 Å².